The molecule has 4 nitrogen and oxygen atoms in total. The summed E-state index contributed by atoms with van der Waals surface area (Å²) in [7, 11) is 2.05. The number of benzene rings is 1. The highest BCUT2D eigenvalue weighted by atomic mass is 16.4. The third-order valence-electron chi connectivity index (χ3n) is 5.18. The second kappa shape index (κ2) is 6.00. The van der Waals surface area contributed by atoms with Gasteiger partial charge in [0, 0.05) is 43.3 Å². The average Bonchev–Trinajstić information content (AvgIpc) is 3.04. The summed E-state index contributed by atoms with van der Waals surface area (Å²) in [5, 5.41) is 10.6. The maximum absolute atomic E-state index is 11.4. The Balaban J connectivity index is 2.00. The minimum Gasteiger partial charge on any atom is -0.481 e. The molecule has 1 aromatic carbocycles. The van der Waals surface area contributed by atoms with Crippen LogP contribution in [0.1, 0.15) is 43.9 Å². The number of hydrogen-bond donors (Lipinski definition) is 1. The molecule has 1 aliphatic rings. The summed E-state index contributed by atoms with van der Waals surface area (Å²) in [6, 6.07) is 5.12. The van der Waals surface area contributed by atoms with Crippen molar-refractivity contribution in [2.75, 3.05) is 0 Å². The van der Waals surface area contributed by atoms with Crippen LogP contribution in [-0.4, -0.2) is 26.6 Å². The number of hydrogen-bond acceptors (Lipinski definition) is 2. The topological polar surface area (TPSA) is 45.5 Å². The number of aliphatic carboxylic acids is 1. The van der Waals surface area contributed by atoms with Crippen molar-refractivity contribution in [3.05, 3.63) is 35.0 Å². The van der Waals surface area contributed by atoms with Gasteiger partial charge >= 0.3 is 5.97 Å². The van der Waals surface area contributed by atoms with Crippen LogP contribution >= 0.6 is 0 Å². The maximum atomic E-state index is 11.4. The van der Waals surface area contributed by atoms with Crippen molar-refractivity contribution in [1.29, 1.82) is 0 Å². The lowest BCUT2D eigenvalue weighted by atomic mass is 9.95. The van der Waals surface area contributed by atoms with E-state index in [1.165, 1.54) is 22.0 Å². The number of carboxylic acid groups (broad SMARTS) is 1. The van der Waals surface area contributed by atoms with E-state index in [2.05, 4.69) is 48.7 Å². The molecule has 4 heteroatoms. The van der Waals surface area contributed by atoms with Crippen LogP contribution < -0.4 is 0 Å². The number of aromatic nitrogens is 1. The summed E-state index contributed by atoms with van der Waals surface area (Å²) in [6.45, 7) is 8.41. The molecule has 0 saturated heterocycles. The zero-order valence-corrected chi connectivity index (χ0v) is 14.5. The minimum absolute atomic E-state index is 0.305. The largest absolute Gasteiger partial charge is 0.481 e. The van der Waals surface area contributed by atoms with Gasteiger partial charge < -0.3 is 9.67 Å². The molecule has 0 fully saturated rings. The second-order valence-electron chi connectivity index (χ2n) is 7.05. The summed E-state index contributed by atoms with van der Waals surface area (Å²) in [4.78, 5) is 13.8. The summed E-state index contributed by atoms with van der Waals surface area (Å²) in [6.07, 6.45) is 3.37. The fourth-order valence-corrected chi connectivity index (χ4v) is 3.59. The van der Waals surface area contributed by atoms with E-state index in [4.69, 9.17) is 0 Å². The van der Waals surface area contributed by atoms with E-state index in [1.54, 1.807) is 0 Å². The van der Waals surface area contributed by atoms with Crippen LogP contribution in [0, 0.1) is 5.92 Å². The Labute approximate surface area is 137 Å². The summed E-state index contributed by atoms with van der Waals surface area (Å²) in [5.41, 5.74) is 5.17. The third kappa shape index (κ3) is 2.88. The first-order chi connectivity index (χ1) is 10.9. The Kier molecular flexibility index (Phi) is 4.19. The van der Waals surface area contributed by atoms with Crippen LogP contribution in [0.2, 0.25) is 0 Å². The highest BCUT2D eigenvalue weighted by molar-refractivity contribution is 5.86. The Morgan fingerprint density at radius 3 is 2.48 bits per heavy atom. The monoisotopic (exact) mass is 314 g/mol. The molecule has 2 heterocycles. The van der Waals surface area contributed by atoms with Gasteiger partial charge in [-0.2, -0.15) is 0 Å². The fourth-order valence-electron chi connectivity index (χ4n) is 3.59. The molecule has 0 bridgehead atoms. The molecule has 1 atom stereocenters. The lowest BCUT2D eigenvalue weighted by Crippen LogP contribution is -2.24. The Bertz CT molecular complexity index is 745. The van der Waals surface area contributed by atoms with E-state index in [1.807, 2.05) is 6.92 Å². The molecule has 0 radical (unpaired) electrons. The van der Waals surface area contributed by atoms with Crippen molar-refractivity contribution in [3.63, 3.8) is 0 Å². The van der Waals surface area contributed by atoms with Crippen LogP contribution in [0.3, 0.4) is 0 Å². The molecular formula is C19H26N2O2. The molecule has 2 aromatic rings. The van der Waals surface area contributed by atoms with Crippen molar-refractivity contribution in [1.82, 2.24) is 9.47 Å². The van der Waals surface area contributed by atoms with Crippen molar-refractivity contribution >= 4 is 16.9 Å². The normalized spacial score (nSPS) is 16.2. The maximum Gasteiger partial charge on any atom is 0.306 e. The summed E-state index contributed by atoms with van der Waals surface area (Å²) in [5.74, 6) is -1.00. The van der Waals surface area contributed by atoms with E-state index in [0.29, 0.717) is 18.9 Å². The predicted molar refractivity (Wildman–Crippen MR) is 92.4 cm³/mol. The lowest BCUT2D eigenvalue weighted by molar-refractivity contribution is -0.141. The van der Waals surface area contributed by atoms with Crippen molar-refractivity contribution in [2.24, 2.45) is 13.0 Å². The lowest BCUT2D eigenvalue weighted by Gasteiger charge is -2.18. The molecule has 1 aliphatic heterocycles. The fraction of sp³-hybridized carbons (Fsp3) is 0.526. The average molecular weight is 314 g/mol. The van der Waals surface area contributed by atoms with Crippen LogP contribution in [0.5, 0.6) is 0 Å². The number of carboxylic acids is 1. The molecule has 23 heavy (non-hydrogen) atoms. The number of rotatable bonds is 5. The van der Waals surface area contributed by atoms with Gasteiger partial charge in [-0.25, -0.2) is 0 Å². The van der Waals surface area contributed by atoms with Crippen molar-refractivity contribution in [2.45, 2.75) is 52.7 Å². The molecule has 3 rings (SSSR count). The number of aryl methyl sites for hydroxylation is 1. The highest BCUT2D eigenvalue weighted by Crippen LogP contribution is 2.32. The Hall–Kier alpha value is -1.81. The molecule has 1 N–H and O–H groups in total. The van der Waals surface area contributed by atoms with Gasteiger partial charge in [-0.05, 0) is 55.5 Å². The van der Waals surface area contributed by atoms with E-state index in [0.717, 1.165) is 18.7 Å². The van der Waals surface area contributed by atoms with Crippen LogP contribution in [-0.2, 0) is 31.4 Å². The van der Waals surface area contributed by atoms with Gasteiger partial charge in [0.25, 0.3) is 0 Å². The summed E-state index contributed by atoms with van der Waals surface area (Å²) < 4.78 is 2.14. The molecule has 0 amide bonds. The predicted octanol–water partition coefficient (Wildman–Crippen LogP) is 3.56. The molecule has 0 saturated carbocycles. The van der Waals surface area contributed by atoms with Gasteiger partial charge in [0.1, 0.15) is 0 Å². The SMILES string of the molecule is CCC(Cc1cn(C)c2cc3c(cc12)CN(C(C)C)C3)C(=O)O. The smallest absolute Gasteiger partial charge is 0.306 e. The van der Waals surface area contributed by atoms with E-state index in [-0.39, 0.29) is 5.92 Å². The zero-order chi connectivity index (χ0) is 16.7. The van der Waals surface area contributed by atoms with Crippen LogP contribution in [0.25, 0.3) is 10.9 Å². The molecule has 124 valence electrons. The van der Waals surface area contributed by atoms with Gasteiger partial charge in [0.05, 0.1) is 5.92 Å². The zero-order valence-electron chi connectivity index (χ0n) is 14.5. The second-order valence-corrected chi connectivity index (χ2v) is 7.05. The van der Waals surface area contributed by atoms with Gasteiger partial charge in [-0.15, -0.1) is 0 Å². The summed E-state index contributed by atoms with van der Waals surface area (Å²) >= 11 is 0. The van der Waals surface area contributed by atoms with Crippen LogP contribution in [0.15, 0.2) is 18.3 Å². The van der Waals surface area contributed by atoms with Crippen molar-refractivity contribution in [3.8, 4) is 0 Å². The first-order valence-corrected chi connectivity index (χ1v) is 8.47. The molecule has 0 aliphatic carbocycles. The van der Waals surface area contributed by atoms with E-state index >= 15 is 0 Å². The van der Waals surface area contributed by atoms with Gasteiger partial charge in [-0.1, -0.05) is 6.92 Å². The Morgan fingerprint density at radius 2 is 1.91 bits per heavy atom. The highest BCUT2D eigenvalue weighted by Gasteiger charge is 2.24. The molecular weight excluding hydrogens is 288 g/mol. The molecule has 1 unspecified atom stereocenters. The number of nitrogens with zero attached hydrogens (tertiary/aromatic N) is 2. The molecule has 1 aromatic heterocycles. The van der Waals surface area contributed by atoms with Gasteiger partial charge in [0.2, 0.25) is 0 Å². The standard InChI is InChI=1S/C19H26N2O2/c1-5-13(19(22)23)6-16-9-20(4)18-8-15-11-21(12(2)3)10-14(15)7-17(16)18/h7-9,12-13H,5-6,10-11H2,1-4H3,(H,22,23). The first-order valence-electron chi connectivity index (χ1n) is 8.47. The minimum atomic E-state index is -0.698. The van der Waals surface area contributed by atoms with E-state index in [9.17, 15) is 9.90 Å². The van der Waals surface area contributed by atoms with Gasteiger partial charge in [-0.3, -0.25) is 9.69 Å². The molecule has 0 spiro atoms. The number of fused-ring (bicyclic) bond motifs is 2. The van der Waals surface area contributed by atoms with Crippen LogP contribution in [0.4, 0.5) is 0 Å². The van der Waals surface area contributed by atoms with Crippen molar-refractivity contribution < 1.29 is 9.90 Å². The Morgan fingerprint density at radius 1 is 1.26 bits per heavy atom. The quantitative estimate of drug-likeness (QED) is 0.918. The number of carbonyl (C=O) groups is 1. The first kappa shape index (κ1) is 16.1. The van der Waals surface area contributed by atoms with Gasteiger partial charge in [0.15, 0.2) is 0 Å². The third-order valence-corrected chi connectivity index (χ3v) is 5.18. The van der Waals surface area contributed by atoms with E-state index < -0.39 is 5.97 Å².